The van der Waals surface area contributed by atoms with Gasteiger partial charge in [0.05, 0.1) is 57.6 Å². The maximum Gasteiger partial charge on any atom is 0.343 e. The number of nitrogens with zero attached hydrogens (tertiary/aromatic N) is 1. The number of fused-ring (bicyclic) bond motifs is 1. The van der Waals surface area contributed by atoms with E-state index in [-0.39, 0.29) is 17.9 Å². The zero-order valence-corrected chi connectivity index (χ0v) is 28.8. The number of aromatic hydroxyl groups is 1. The van der Waals surface area contributed by atoms with Gasteiger partial charge < -0.3 is 19.3 Å². The van der Waals surface area contributed by atoms with Crippen molar-refractivity contribution in [3.05, 3.63) is 23.9 Å². The highest BCUT2D eigenvalue weighted by Gasteiger charge is 2.46. The van der Waals surface area contributed by atoms with Crippen molar-refractivity contribution >= 4 is 86.5 Å². The number of hydrogen-bond donors (Lipinski definition) is 1. The summed E-state index contributed by atoms with van der Waals surface area (Å²) < 4.78 is 16.7. The summed E-state index contributed by atoms with van der Waals surface area (Å²) in [5.74, 6) is 0.379. The van der Waals surface area contributed by atoms with Crippen LogP contribution in [-0.4, -0.2) is 68.1 Å². The molecular weight excluding hydrogens is 667 g/mol. The van der Waals surface area contributed by atoms with Gasteiger partial charge in [0.15, 0.2) is 11.5 Å². The normalized spacial score (nSPS) is 23.6. The lowest BCUT2D eigenvalue weighted by molar-refractivity contribution is 0.0523. The second-order valence-corrected chi connectivity index (χ2v) is 13.0. The Hall–Kier alpha value is -0.760. The Kier molecular flexibility index (Phi) is 17.5. The molecule has 0 unspecified atom stereocenters. The number of pyridine rings is 1. The number of hydrogen-bond acceptors (Lipinski definition) is 6. The predicted molar refractivity (Wildman–Crippen MR) is 176 cm³/mol. The average molecular weight is 708 g/mol. The maximum absolute atomic E-state index is 12.0. The van der Waals surface area contributed by atoms with E-state index in [9.17, 15) is 9.90 Å². The van der Waals surface area contributed by atoms with Gasteiger partial charge in [0.25, 0.3) is 0 Å². The van der Waals surface area contributed by atoms with Crippen LogP contribution >= 0.6 is 69.6 Å². The smallest absolute Gasteiger partial charge is 0.343 e. The van der Waals surface area contributed by atoms with Crippen molar-refractivity contribution in [2.75, 3.05) is 19.8 Å². The number of rotatable bonds is 14. The molecule has 1 heterocycles. The molecule has 238 valence electrons. The van der Waals surface area contributed by atoms with Crippen molar-refractivity contribution in [3.63, 3.8) is 0 Å². The second-order valence-electron chi connectivity index (χ2n) is 9.98. The number of aromatic nitrogens is 1. The van der Waals surface area contributed by atoms with Gasteiger partial charge in [-0.2, -0.15) is 0 Å². The zero-order valence-electron chi connectivity index (χ0n) is 24.3. The summed E-state index contributed by atoms with van der Waals surface area (Å²) >= 11 is 35.3. The number of unbranched alkanes of at least 4 members (excludes halogenated alkanes) is 7. The molecule has 0 atom stereocenters. The maximum atomic E-state index is 12.0. The third-order valence-electron chi connectivity index (χ3n) is 6.78. The van der Waals surface area contributed by atoms with Crippen LogP contribution in [0.4, 0.5) is 0 Å². The Morgan fingerprint density at radius 3 is 1.74 bits per heavy atom. The Bertz CT molecular complexity index is 1050. The third kappa shape index (κ3) is 10.7. The fraction of sp³-hybridized carbons (Fsp3) is 0.667. The molecule has 2 aromatic rings. The van der Waals surface area contributed by atoms with Gasteiger partial charge in [-0.3, -0.25) is 4.98 Å². The molecule has 12 heteroatoms. The lowest BCUT2D eigenvalue weighted by Crippen LogP contribution is -2.52. The number of halogens is 6. The molecule has 0 radical (unpaired) electrons. The van der Waals surface area contributed by atoms with Crippen LogP contribution < -0.4 is 9.47 Å². The first-order valence-corrected chi connectivity index (χ1v) is 17.1. The van der Waals surface area contributed by atoms with Gasteiger partial charge in [0.2, 0.25) is 0 Å². The van der Waals surface area contributed by atoms with E-state index in [0.29, 0.717) is 35.6 Å². The van der Waals surface area contributed by atoms with Crippen LogP contribution in [0.2, 0.25) is 0 Å². The molecule has 0 saturated heterocycles. The molecule has 0 aliphatic heterocycles. The SMILES string of the molecule is CCCCCCCCCCOc1cc2c(O)c(C(=O)OCC)cnc2cc1OCC.Cl[C@H]1[C@H](Cl)[C@@H](Cl)[C@@H](Cl)[C@H](Cl)[C@H]1Cl. The highest BCUT2D eigenvalue weighted by atomic mass is 35.5. The summed E-state index contributed by atoms with van der Waals surface area (Å²) in [7, 11) is 0. The van der Waals surface area contributed by atoms with Crippen molar-refractivity contribution < 1.29 is 24.1 Å². The molecule has 0 bridgehead atoms. The first-order chi connectivity index (χ1) is 20.1. The second kappa shape index (κ2) is 19.6. The van der Waals surface area contributed by atoms with Gasteiger partial charge in [-0.1, -0.05) is 51.9 Å². The van der Waals surface area contributed by atoms with Crippen LogP contribution in [0.1, 0.15) is 82.5 Å². The van der Waals surface area contributed by atoms with Gasteiger partial charge >= 0.3 is 5.97 Å². The van der Waals surface area contributed by atoms with E-state index in [2.05, 4.69) is 11.9 Å². The van der Waals surface area contributed by atoms with Crippen molar-refractivity contribution in [1.29, 1.82) is 0 Å². The van der Waals surface area contributed by atoms with E-state index in [1.807, 2.05) is 6.92 Å². The summed E-state index contributed by atoms with van der Waals surface area (Å²) in [5, 5.41) is 8.40. The van der Waals surface area contributed by atoms with Gasteiger partial charge in [0.1, 0.15) is 11.3 Å². The first-order valence-electron chi connectivity index (χ1n) is 14.5. The van der Waals surface area contributed by atoms with Crippen molar-refractivity contribution in [3.8, 4) is 17.2 Å². The summed E-state index contributed by atoms with van der Waals surface area (Å²) in [5.41, 5.74) is 0.575. The molecule has 1 N–H and O–H groups in total. The minimum absolute atomic E-state index is 0.0440. The van der Waals surface area contributed by atoms with Crippen LogP contribution in [0.15, 0.2) is 18.3 Å². The molecule has 6 nitrogen and oxygen atoms in total. The molecule has 1 fully saturated rings. The number of benzene rings is 1. The highest BCUT2D eigenvalue weighted by Crippen LogP contribution is 2.40. The quantitative estimate of drug-likeness (QED) is 0.120. The fourth-order valence-electron chi connectivity index (χ4n) is 4.40. The van der Waals surface area contributed by atoms with Crippen LogP contribution in [0, 0.1) is 0 Å². The number of alkyl halides is 6. The van der Waals surface area contributed by atoms with Crippen molar-refractivity contribution in [2.45, 2.75) is 104 Å². The molecule has 1 saturated carbocycles. The molecule has 1 aliphatic carbocycles. The Labute approximate surface area is 279 Å². The van der Waals surface area contributed by atoms with Gasteiger partial charge in [0, 0.05) is 17.6 Å². The van der Waals surface area contributed by atoms with Crippen LogP contribution in [0.25, 0.3) is 10.9 Å². The van der Waals surface area contributed by atoms with Crippen LogP contribution in [0.3, 0.4) is 0 Å². The molecular formula is C30H41Cl6NO5. The van der Waals surface area contributed by atoms with Crippen molar-refractivity contribution in [1.82, 2.24) is 4.98 Å². The van der Waals surface area contributed by atoms with Gasteiger partial charge in [-0.05, 0) is 26.3 Å². The largest absolute Gasteiger partial charge is 0.506 e. The lowest BCUT2D eigenvalue weighted by Gasteiger charge is -2.37. The van der Waals surface area contributed by atoms with E-state index >= 15 is 0 Å². The number of esters is 1. The Balaban J connectivity index is 0.000000428. The number of carbonyl (C=O) groups excluding carboxylic acids is 1. The highest BCUT2D eigenvalue weighted by molar-refractivity contribution is 6.45. The van der Waals surface area contributed by atoms with Crippen molar-refractivity contribution in [2.24, 2.45) is 0 Å². The minimum atomic E-state index is -0.598. The molecule has 1 aromatic heterocycles. The van der Waals surface area contributed by atoms with E-state index < -0.39 is 38.2 Å². The third-order valence-corrected chi connectivity index (χ3v) is 10.8. The fourth-order valence-corrected chi connectivity index (χ4v) is 6.72. The standard InChI is InChI=1S/C24H35NO5.C6H6Cl6/c1-4-7-8-9-10-11-12-13-14-30-21-15-18-20(16-22(21)28-5-2)25-17-19(23(18)26)24(27)29-6-3;7-1-2(8)4(10)6(12)5(11)3(1)9/h15-17H,4-14H2,1-3H3,(H,25,26);1-6H/t;1-,2-,3-,4+,5+,6+. The van der Waals surface area contributed by atoms with Gasteiger partial charge in [-0.25, -0.2) is 4.79 Å². The molecule has 42 heavy (non-hydrogen) atoms. The molecule has 0 amide bonds. The zero-order chi connectivity index (χ0) is 31.2. The van der Waals surface area contributed by atoms with Crippen LogP contribution in [0.5, 0.6) is 17.2 Å². The van der Waals surface area contributed by atoms with E-state index in [4.69, 9.17) is 83.8 Å². The summed E-state index contributed by atoms with van der Waals surface area (Å²) in [4.78, 5) is 16.3. The van der Waals surface area contributed by atoms with E-state index in [1.54, 1.807) is 19.1 Å². The van der Waals surface area contributed by atoms with Gasteiger partial charge in [-0.15, -0.1) is 69.6 Å². The monoisotopic (exact) mass is 705 g/mol. The average Bonchev–Trinajstić information content (AvgIpc) is 2.98. The molecule has 1 aromatic carbocycles. The Morgan fingerprint density at radius 2 is 1.24 bits per heavy atom. The van der Waals surface area contributed by atoms with E-state index in [1.165, 1.54) is 44.7 Å². The minimum Gasteiger partial charge on any atom is -0.506 e. The predicted octanol–water partition coefficient (Wildman–Crippen LogP) is 9.68. The summed E-state index contributed by atoms with van der Waals surface area (Å²) in [6, 6.07) is 3.42. The Morgan fingerprint density at radius 1 is 0.738 bits per heavy atom. The number of carbonyl (C=O) groups is 1. The molecule has 0 spiro atoms. The van der Waals surface area contributed by atoms with Crippen LogP contribution in [-0.2, 0) is 4.74 Å². The lowest BCUT2D eigenvalue weighted by atomic mass is 9.97. The summed E-state index contributed by atoms with van der Waals surface area (Å²) in [6.45, 7) is 7.15. The summed E-state index contributed by atoms with van der Waals surface area (Å²) in [6.07, 6.45) is 11.1. The molecule has 3 rings (SSSR count). The number of ether oxygens (including phenoxy) is 3. The topological polar surface area (TPSA) is 77.9 Å². The first kappa shape index (κ1) is 37.4. The molecule has 1 aliphatic rings. The van der Waals surface area contributed by atoms with E-state index in [0.717, 1.165) is 12.8 Å².